The summed E-state index contributed by atoms with van der Waals surface area (Å²) in [7, 11) is 0. The summed E-state index contributed by atoms with van der Waals surface area (Å²) in [5.74, 6) is -0.135. The van der Waals surface area contributed by atoms with Crippen LogP contribution < -0.4 is 5.73 Å². The summed E-state index contributed by atoms with van der Waals surface area (Å²) in [5, 5.41) is 0. The molecule has 1 aromatic carbocycles. The summed E-state index contributed by atoms with van der Waals surface area (Å²) < 4.78 is 5.43. The first-order valence-electron chi connectivity index (χ1n) is 7.86. The zero-order valence-corrected chi connectivity index (χ0v) is 13.4. The smallest absolute Gasteiger partial charge is 0.306 e. The van der Waals surface area contributed by atoms with Crippen molar-refractivity contribution in [1.29, 1.82) is 0 Å². The number of benzene rings is 1. The number of hydrogen-bond acceptors (Lipinski definition) is 3. The molecule has 1 spiro atoms. The van der Waals surface area contributed by atoms with Crippen LogP contribution in [-0.4, -0.2) is 17.5 Å². The van der Waals surface area contributed by atoms with E-state index in [4.69, 9.17) is 10.5 Å². The molecular formula is C18H23NO3. The molecule has 1 fully saturated rings. The highest BCUT2D eigenvalue weighted by Crippen LogP contribution is 2.62. The predicted octanol–water partition coefficient (Wildman–Crippen LogP) is 2.72. The molecule has 0 radical (unpaired) electrons. The van der Waals surface area contributed by atoms with Gasteiger partial charge in [0.05, 0.1) is 0 Å². The van der Waals surface area contributed by atoms with Crippen LogP contribution >= 0.6 is 0 Å². The van der Waals surface area contributed by atoms with E-state index in [0.717, 1.165) is 19.3 Å². The van der Waals surface area contributed by atoms with E-state index in [1.807, 2.05) is 32.9 Å². The maximum absolute atomic E-state index is 12.0. The summed E-state index contributed by atoms with van der Waals surface area (Å²) in [6.45, 7) is 5.68. The van der Waals surface area contributed by atoms with Gasteiger partial charge in [0.15, 0.2) is 0 Å². The van der Waals surface area contributed by atoms with Gasteiger partial charge in [0.25, 0.3) is 0 Å². The average molecular weight is 301 g/mol. The largest absolute Gasteiger partial charge is 0.460 e. The Morgan fingerprint density at radius 3 is 2.73 bits per heavy atom. The van der Waals surface area contributed by atoms with Gasteiger partial charge in [-0.15, -0.1) is 0 Å². The number of carbonyl (C=O) groups is 2. The fourth-order valence-electron chi connectivity index (χ4n) is 3.80. The van der Waals surface area contributed by atoms with E-state index in [1.165, 1.54) is 11.1 Å². The molecule has 2 aliphatic carbocycles. The van der Waals surface area contributed by atoms with Crippen LogP contribution in [0.15, 0.2) is 18.2 Å². The molecule has 1 amide bonds. The third kappa shape index (κ3) is 2.62. The molecule has 2 N–H and O–H groups in total. The molecule has 3 rings (SSSR count). The van der Waals surface area contributed by atoms with Crippen molar-refractivity contribution in [2.24, 2.45) is 11.7 Å². The SMILES string of the molecule is CC(C)(C)OC(=O)CC1CC12CCc1cc(C(N)=O)ccc12. The summed E-state index contributed by atoms with van der Waals surface area (Å²) in [6.07, 6.45) is 3.53. The summed E-state index contributed by atoms with van der Waals surface area (Å²) in [5.41, 5.74) is 8.12. The number of hydrogen-bond donors (Lipinski definition) is 1. The van der Waals surface area contributed by atoms with Gasteiger partial charge < -0.3 is 10.5 Å². The summed E-state index contributed by atoms with van der Waals surface area (Å²) >= 11 is 0. The maximum atomic E-state index is 12.0. The Bertz CT molecular complexity index is 644. The molecule has 0 aliphatic heterocycles. The fraction of sp³-hybridized carbons (Fsp3) is 0.556. The van der Waals surface area contributed by atoms with E-state index in [-0.39, 0.29) is 17.3 Å². The van der Waals surface area contributed by atoms with Crippen LogP contribution in [0.2, 0.25) is 0 Å². The van der Waals surface area contributed by atoms with E-state index in [0.29, 0.717) is 17.9 Å². The van der Waals surface area contributed by atoms with Crippen LogP contribution in [0.3, 0.4) is 0 Å². The zero-order valence-electron chi connectivity index (χ0n) is 13.4. The van der Waals surface area contributed by atoms with Crippen molar-refractivity contribution < 1.29 is 14.3 Å². The lowest BCUT2D eigenvalue weighted by Crippen LogP contribution is -2.24. The van der Waals surface area contributed by atoms with E-state index >= 15 is 0 Å². The van der Waals surface area contributed by atoms with Crippen molar-refractivity contribution in [3.8, 4) is 0 Å². The Morgan fingerprint density at radius 2 is 2.09 bits per heavy atom. The van der Waals surface area contributed by atoms with Crippen molar-refractivity contribution in [1.82, 2.24) is 0 Å². The Labute approximate surface area is 131 Å². The van der Waals surface area contributed by atoms with Crippen molar-refractivity contribution in [2.75, 3.05) is 0 Å². The van der Waals surface area contributed by atoms with Crippen molar-refractivity contribution >= 4 is 11.9 Å². The van der Waals surface area contributed by atoms with Crippen LogP contribution in [0.4, 0.5) is 0 Å². The van der Waals surface area contributed by atoms with Crippen molar-refractivity contribution in [3.05, 3.63) is 34.9 Å². The van der Waals surface area contributed by atoms with Gasteiger partial charge >= 0.3 is 5.97 Å². The number of fused-ring (bicyclic) bond motifs is 2. The minimum absolute atomic E-state index is 0.114. The van der Waals surface area contributed by atoms with Gasteiger partial charge in [0.2, 0.25) is 5.91 Å². The number of aryl methyl sites for hydroxylation is 1. The quantitative estimate of drug-likeness (QED) is 0.873. The number of ether oxygens (including phenoxy) is 1. The average Bonchev–Trinajstić information content (AvgIpc) is 2.93. The third-order valence-corrected chi connectivity index (χ3v) is 4.83. The fourth-order valence-corrected chi connectivity index (χ4v) is 3.80. The second kappa shape index (κ2) is 4.83. The van der Waals surface area contributed by atoms with E-state index < -0.39 is 5.60 Å². The molecule has 4 nitrogen and oxygen atoms in total. The van der Waals surface area contributed by atoms with Crippen LogP contribution in [0.5, 0.6) is 0 Å². The first kappa shape index (κ1) is 15.1. The number of carbonyl (C=O) groups excluding carboxylic acids is 2. The summed E-state index contributed by atoms with van der Waals surface area (Å²) in [4.78, 5) is 23.3. The first-order chi connectivity index (χ1) is 10.2. The van der Waals surface area contributed by atoms with Crippen molar-refractivity contribution in [3.63, 3.8) is 0 Å². The molecule has 2 aliphatic rings. The first-order valence-corrected chi connectivity index (χ1v) is 7.86. The summed E-state index contributed by atoms with van der Waals surface area (Å²) in [6, 6.07) is 5.74. The third-order valence-electron chi connectivity index (χ3n) is 4.83. The highest BCUT2D eigenvalue weighted by Gasteiger charge is 2.58. The van der Waals surface area contributed by atoms with Crippen LogP contribution in [0.1, 0.15) is 61.5 Å². The Kier molecular flexibility index (Phi) is 3.31. The topological polar surface area (TPSA) is 69.4 Å². The number of amides is 1. The highest BCUT2D eigenvalue weighted by molar-refractivity contribution is 5.93. The highest BCUT2D eigenvalue weighted by atomic mass is 16.6. The zero-order chi connectivity index (χ0) is 16.1. The van der Waals surface area contributed by atoms with Gasteiger partial charge in [-0.05, 0) is 74.6 Å². The maximum Gasteiger partial charge on any atom is 0.306 e. The van der Waals surface area contributed by atoms with Crippen LogP contribution in [-0.2, 0) is 21.4 Å². The molecule has 0 heterocycles. The minimum Gasteiger partial charge on any atom is -0.460 e. The molecular weight excluding hydrogens is 278 g/mol. The minimum atomic E-state index is -0.427. The number of rotatable bonds is 3. The molecule has 2 atom stereocenters. The lowest BCUT2D eigenvalue weighted by atomic mass is 9.93. The second-order valence-electron chi connectivity index (χ2n) is 7.58. The van der Waals surface area contributed by atoms with Crippen molar-refractivity contribution in [2.45, 2.75) is 57.5 Å². The number of esters is 1. The molecule has 0 aromatic heterocycles. The Balaban J connectivity index is 1.72. The molecule has 1 saturated carbocycles. The number of nitrogens with two attached hydrogens (primary N) is 1. The van der Waals surface area contributed by atoms with Gasteiger partial charge in [0.1, 0.15) is 5.60 Å². The van der Waals surface area contributed by atoms with Gasteiger partial charge in [-0.3, -0.25) is 9.59 Å². The molecule has 4 heteroatoms. The van der Waals surface area contributed by atoms with Gasteiger partial charge in [-0.1, -0.05) is 6.07 Å². The normalized spacial score (nSPS) is 25.9. The molecule has 2 unspecified atom stereocenters. The van der Waals surface area contributed by atoms with Crippen LogP contribution in [0.25, 0.3) is 0 Å². The molecule has 118 valence electrons. The predicted molar refractivity (Wildman–Crippen MR) is 83.5 cm³/mol. The van der Waals surface area contributed by atoms with Crippen LogP contribution in [0, 0.1) is 5.92 Å². The van der Waals surface area contributed by atoms with E-state index in [9.17, 15) is 9.59 Å². The Hall–Kier alpha value is -1.84. The van der Waals surface area contributed by atoms with E-state index in [1.54, 1.807) is 6.07 Å². The van der Waals surface area contributed by atoms with E-state index in [2.05, 4.69) is 0 Å². The van der Waals surface area contributed by atoms with Gasteiger partial charge in [-0.2, -0.15) is 0 Å². The monoisotopic (exact) mass is 301 g/mol. The second-order valence-corrected chi connectivity index (χ2v) is 7.58. The molecule has 1 aromatic rings. The van der Waals surface area contributed by atoms with Gasteiger partial charge in [-0.25, -0.2) is 0 Å². The lowest BCUT2D eigenvalue weighted by molar-refractivity contribution is -0.155. The molecule has 22 heavy (non-hydrogen) atoms. The molecule has 0 saturated heterocycles. The Morgan fingerprint density at radius 1 is 1.36 bits per heavy atom. The van der Waals surface area contributed by atoms with Gasteiger partial charge in [0, 0.05) is 12.0 Å². The standard InChI is InChI=1S/C18H23NO3/c1-17(2,3)22-15(20)9-13-10-18(13)7-6-11-8-12(16(19)21)4-5-14(11)18/h4-5,8,13H,6-7,9-10H2,1-3H3,(H2,19,21). The molecule has 0 bridgehead atoms. The number of primary amides is 1. The lowest BCUT2D eigenvalue weighted by Gasteiger charge is -2.20.